The van der Waals surface area contributed by atoms with Gasteiger partial charge in [0, 0.05) is 52.0 Å². The Morgan fingerprint density at radius 3 is 2.72 bits per heavy atom. The molecule has 1 unspecified atom stereocenters. The lowest BCUT2D eigenvalue weighted by Gasteiger charge is -2.37. The largest absolute Gasteiger partial charge is 0.380 e. The summed E-state index contributed by atoms with van der Waals surface area (Å²) in [5, 5.41) is 3.32. The average molecular weight is 407 g/mol. The number of rotatable bonds is 6. The van der Waals surface area contributed by atoms with Crippen molar-refractivity contribution < 1.29 is 18.7 Å². The highest BCUT2D eigenvalue weighted by Gasteiger charge is 2.30. The number of piperazine rings is 1. The first kappa shape index (κ1) is 21.5. The Labute approximate surface area is 171 Å². The fraction of sp³-hybridized carbons (Fsp3) is 0.619. The van der Waals surface area contributed by atoms with Crippen molar-refractivity contribution in [1.82, 2.24) is 15.1 Å². The molecular weight excluding hydrogens is 375 g/mol. The average Bonchev–Trinajstić information content (AvgIpc) is 3.28. The monoisotopic (exact) mass is 406 g/mol. The van der Waals surface area contributed by atoms with Crippen molar-refractivity contribution in [2.24, 2.45) is 4.99 Å². The second-order valence-corrected chi connectivity index (χ2v) is 7.34. The second-order valence-electron chi connectivity index (χ2n) is 7.34. The molecule has 0 aliphatic carbocycles. The van der Waals surface area contributed by atoms with Gasteiger partial charge in [-0.05, 0) is 37.5 Å². The minimum atomic E-state index is -0.265. The van der Waals surface area contributed by atoms with Crippen LogP contribution in [-0.4, -0.2) is 74.2 Å². The van der Waals surface area contributed by atoms with Crippen LogP contribution in [0, 0.1) is 5.82 Å². The normalized spacial score (nSPS) is 20.2. The SMILES string of the molecule is CCNC(=NCc1ccc(F)c(COC)c1)N1CCN(C(=O)C2CCCO2)CC1. The number of hydrogen-bond acceptors (Lipinski definition) is 4. The first-order valence-corrected chi connectivity index (χ1v) is 10.3. The number of guanidine groups is 1. The molecule has 1 amide bonds. The Balaban J connectivity index is 1.59. The van der Waals surface area contributed by atoms with Gasteiger partial charge in [-0.1, -0.05) is 6.07 Å². The number of methoxy groups -OCH3 is 1. The van der Waals surface area contributed by atoms with Gasteiger partial charge in [0.2, 0.25) is 0 Å². The van der Waals surface area contributed by atoms with Gasteiger partial charge >= 0.3 is 0 Å². The van der Waals surface area contributed by atoms with E-state index >= 15 is 0 Å². The standard InChI is InChI=1S/C21H31FN4O3/c1-3-23-21(24-14-16-6-7-18(22)17(13-16)15-28-2)26-10-8-25(9-11-26)20(27)19-5-4-12-29-19/h6-7,13,19H,3-5,8-12,14-15H2,1-2H3,(H,23,24). The molecule has 8 heteroatoms. The Bertz CT molecular complexity index is 714. The second kappa shape index (κ2) is 10.5. The molecule has 0 aromatic heterocycles. The Hall–Kier alpha value is -2.19. The molecule has 29 heavy (non-hydrogen) atoms. The van der Waals surface area contributed by atoms with Gasteiger partial charge in [-0.3, -0.25) is 4.79 Å². The zero-order valence-corrected chi connectivity index (χ0v) is 17.3. The van der Waals surface area contributed by atoms with Crippen molar-refractivity contribution >= 4 is 11.9 Å². The lowest BCUT2D eigenvalue weighted by molar-refractivity contribution is -0.142. The van der Waals surface area contributed by atoms with E-state index in [0.29, 0.717) is 31.8 Å². The maximum absolute atomic E-state index is 13.8. The van der Waals surface area contributed by atoms with E-state index in [1.165, 1.54) is 6.07 Å². The number of halogens is 1. The van der Waals surface area contributed by atoms with E-state index in [2.05, 4.69) is 10.2 Å². The van der Waals surface area contributed by atoms with Crippen LogP contribution in [0.15, 0.2) is 23.2 Å². The molecule has 160 valence electrons. The number of hydrogen-bond donors (Lipinski definition) is 1. The summed E-state index contributed by atoms with van der Waals surface area (Å²) < 4.78 is 24.4. The molecule has 2 heterocycles. The van der Waals surface area contributed by atoms with Crippen LogP contribution in [0.1, 0.15) is 30.9 Å². The van der Waals surface area contributed by atoms with Gasteiger partial charge in [0.1, 0.15) is 11.9 Å². The van der Waals surface area contributed by atoms with Gasteiger partial charge in [0.05, 0.1) is 13.2 Å². The number of amides is 1. The van der Waals surface area contributed by atoms with E-state index in [4.69, 9.17) is 14.5 Å². The number of aliphatic imine (C=N–C) groups is 1. The predicted molar refractivity (Wildman–Crippen MR) is 109 cm³/mol. The first-order chi connectivity index (χ1) is 14.1. The van der Waals surface area contributed by atoms with Crippen LogP contribution < -0.4 is 5.32 Å². The van der Waals surface area contributed by atoms with Gasteiger partial charge in [0.15, 0.2) is 5.96 Å². The molecule has 2 fully saturated rings. The zero-order chi connectivity index (χ0) is 20.6. The summed E-state index contributed by atoms with van der Waals surface area (Å²) >= 11 is 0. The maximum atomic E-state index is 13.8. The minimum Gasteiger partial charge on any atom is -0.380 e. The number of nitrogens with one attached hydrogen (secondary N) is 1. The van der Waals surface area contributed by atoms with Gasteiger partial charge in [-0.15, -0.1) is 0 Å². The molecule has 1 atom stereocenters. The van der Waals surface area contributed by atoms with Crippen molar-refractivity contribution in [3.63, 3.8) is 0 Å². The molecule has 0 radical (unpaired) electrons. The van der Waals surface area contributed by atoms with Crippen LogP contribution in [0.25, 0.3) is 0 Å². The summed E-state index contributed by atoms with van der Waals surface area (Å²) in [4.78, 5) is 21.3. The molecular formula is C21H31FN4O3. The molecule has 7 nitrogen and oxygen atoms in total. The number of carbonyl (C=O) groups is 1. The molecule has 2 aliphatic heterocycles. The summed E-state index contributed by atoms with van der Waals surface area (Å²) in [5.41, 5.74) is 1.47. The lowest BCUT2D eigenvalue weighted by atomic mass is 10.1. The van der Waals surface area contributed by atoms with Crippen LogP contribution in [0.3, 0.4) is 0 Å². The van der Waals surface area contributed by atoms with E-state index in [-0.39, 0.29) is 24.4 Å². The molecule has 1 aromatic carbocycles. The third kappa shape index (κ3) is 5.67. The van der Waals surface area contributed by atoms with Gasteiger partial charge in [0.25, 0.3) is 5.91 Å². The summed E-state index contributed by atoms with van der Waals surface area (Å²) in [7, 11) is 1.55. The zero-order valence-electron chi connectivity index (χ0n) is 17.3. The molecule has 0 saturated carbocycles. The highest BCUT2D eigenvalue weighted by molar-refractivity contribution is 5.82. The number of ether oxygens (including phenoxy) is 2. The summed E-state index contributed by atoms with van der Waals surface area (Å²) in [6.45, 7) is 6.94. The molecule has 2 saturated heterocycles. The van der Waals surface area contributed by atoms with Crippen LogP contribution >= 0.6 is 0 Å². The quantitative estimate of drug-likeness (QED) is 0.576. The fourth-order valence-electron chi connectivity index (χ4n) is 3.70. The third-order valence-corrected chi connectivity index (χ3v) is 5.25. The molecule has 1 N–H and O–H groups in total. The third-order valence-electron chi connectivity index (χ3n) is 5.25. The first-order valence-electron chi connectivity index (χ1n) is 10.3. The van der Waals surface area contributed by atoms with E-state index in [9.17, 15) is 9.18 Å². The molecule has 0 bridgehead atoms. The topological polar surface area (TPSA) is 66.4 Å². The molecule has 0 spiro atoms. The number of carbonyl (C=O) groups excluding carboxylic acids is 1. The summed E-state index contributed by atoms with van der Waals surface area (Å²) in [6, 6.07) is 5.01. The van der Waals surface area contributed by atoms with Crippen molar-refractivity contribution in [1.29, 1.82) is 0 Å². The highest BCUT2D eigenvalue weighted by atomic mass is 19.1. The van der Waals surface area contributed by atoms with Crippen LogP contribution in [0.4, 0.5) is 4.39 Å². The Kier molecular flexibility index (Phi) is 7.83. The van der Waals surface area contributed by atoms with E-state index in [1.807, 2.05) is 11.8 Å². The number of nitrogens with zero attached hydrogens (tertiary/aromatic N) is 3. The molecule has 1 aromatic rings. The van der Waals surface area contributed by atoms with Crippen molar-refractivity contribution in [2.75, 3.05) is 46.4 Å². The van der Waals surface area contributed by atoms with Crippen molar-refractivity contribution in [2.45, 2.75) is 39.0 Å². The highest BCUT2D eigenvalue weighted by Crippen LogP contribution is 2.16. The summed E-state index contributed by atoms with van der Waals surface area (Å²) in [5.74, 6) is 0.661. The van der Waals surface area contributed by atoms with E-state index in [0.717, 1.165) is 44.0 Å². The van der Waals surface area contributed by atoms with E-state index < -0.39 is 0 Å². The van der Waals surface area contributed by atoms with Gasteiger partial charge in [-0.25, -0.2) is 9.38 Å². The number of benzene rings is 1. The smallest absolute Gasteiger partial charge is 0.251 e. The van der Waals surface area contributed by atoms with Crippen molar-refractivity contribution in [3.8, 4) is 0 Å². The fourth-order valence-corrected chi connectivity index (χ4v) is 3.70. The Morgan fingerprint density at radius 1 is 1.31 bits per heavy atom. The Morgan fingerprint density at radius 2 is 2.07 bits per heavy atom. The maximum Gasteiger partial charge on any atom is 0.251 e. The lowest BCUT2D eigenvalue weighted by Crippen LogP contribution is -2.55. The van der Waals surface area contributed by atoms with Gasteiger partial charge in [-0.2, -0.15) is 0 Å². The van der Waals surface area contributed by atoms with E-state index in [1.54, 1.807) is 19.2 Å². The predicted octanol–water partition coefficient (Wildman–Crippen LogP) is 1.76. The molecule has 2 aliphatic rings. The van der Waals surface area contributed by atoms with Crippen LogP contribution in [-0.2, 0) is 27.4 Å². The van der Waals surface area contributed by atoms with Gasteiger partial charge < -0.3 is 24.6 Å². The minimum absolute atomic E-state index is 0.112. The van der Waals surface area contributed by atoms with Crippen LogP contribution in [0.2, 0.25) is 0 Å². The van der Waals surface area contributed by atoms with Crippen LogP contribution in [0.5, 0.6) is 0 Å². The van der Waals surface area contributed by atoms with Crippen molar-refractivity contribution in [3.05, 3.63) is 35.1 Å². The summed E-state index contributed by atoms with van der Waals surface area (Å²) in [6.07, 6.45) is 1.53. The molecule has 3 rings (SSSR count).